The zero-order valence-electron chi connectivity index (χ0n) is 14.7. The summed E-state index contributed by atoms with van der Waals surface area (Å²) in [6, 6.07) is 11.1. The minimum absolute atomic E-state index is 0.0243. The summed E-state index contributed by atoms with van der Waals surface area (Å²) in [5, 5.41) is 10.8. The normalized spacial score (nSPS) is 19.0. The first-order valence-corrected chi connectivity index (χ1v) is 9.77. The number of amides is 1. The fourth-order valence-corrected chi connectivity index (χ4v) is 4.59. The van der Waals surface area contributed by atoms with Crippen LogP contribution in [-0.2, 0) is 24.3 Å². The van der Waals surface area contributed by atoms with Gasteiger partial charge in [0.25, 0.3) is 15.7 Å². The molecule has 1 heterocycles. The summed E-state index contributed by atoms with van der Waals surface area (Å²) in [5.41, 5.74) is 0.207. The van der Waals surface area contributed by atoms with Gasteiger partial charge in [-0.25, -0.2) is 17.5 Å². The zero-order valence-corrected chi connectivity index (χ0v) is 15.5. The minimum Gasteiger partial charge on any atom is -0.464 e. The average Bonchev–Trinajstić information content (AvgIpc) is 2.66. The van der Waals surface area contributed by atoms with E-state index >= 15 is 0 Å². The van der Waals surface area contributed by atoms with Gasteiger partial charge in [-0.3, -0.25) is 14.9 Å². The van der Waals surface area contributed by atoms with E-state index in [9.17, 15) is 28.1 Å². The Morgan fingerprint density at radius 3 is 2.29 bits per heavy atom. The number of carbonyl (C=O) groups is 2. The van der Waals surface area contributed by atoms with Crippen LogP contribution < -0.4 is 0 Å². The first kappa shape index (κ1) is 19.5. The van der Waals surface area contributed by atoms with Crippen LogP contribution in [0.1, 0.15) is 18.4 Å². The molecule has 0 saturated carbocycles. The Labute approximate surface area is 160 Å². The van der Waals surface area contributed by atoms with Gasteiger partial charge in [0.15, 0.2) is 6.04 Å². The second-order valence-electron chi connectivity index (χ2n) is 5.98. The van der Waals surface area contributed by atoms with Crippen molar-refractivity contribution in [1.29, 1.82) is 0 Å². The van der Waals surface area contributed by atoms with Gasteiger partial charge in [0, 0.05) is 12.1 Å². The summed E-state index contributed by atoms with van der Waals surface area (Å²) in [7, 11) is -4.39. The molecule has 0 N–H and O–H groups in total. The summed E-state index contributed by atoms with van der Waals surface area (Å²) < 4.78 is 31.3. The van der Waals surface area contributed by atoms with E-state index < -0.39 is 38.8 Å². The number of nitrogens with zero attached hydrogens (tertiary/aromatic N) is 2. The maximum atomic E-state index is 12.9. The van der Waals surface area contributed by atoms with E-state index in [0.29, 0.717) is 9.87 Å². The third-order valence-corrected chi connectivity index (χ3v) is 6.14. The lowest BCUT2D eigenvalue weighted by Crippen LogP contribution is -2.64. The first-order valence-electron chi connectivity index (χ1n) is 8.33. The van der Waals surface area contributed by atoms with Gasteiger partial charge < -0.3 is 4.74 Å². The summed E-state index contributed by atoms with van der Waals surface area (Å²) in [6.45, 7) is 1.60. The number of rotatable bonds is 6. The highest BCUT2D eigenvalue weighted by Gasteiger charge is 2.58. The molecule has 9 nitrogen and oxygen atoms in total. The Morgan fingerprint density at radius 2 is 1.75 bits per heavy atom. The van der Waals surface area contributed by atoms with Crippen LogP contribution in [0.5, 0.6) is 0 Å². The number of non-ortho nitro benzene ring substituents is 1. The Balaban J connectivity index is 2.00. The molecule has 0 aromatic heterocycles. The van der Waals surface area contributed by atoms with Gasteiger partial charge in [0.2, 0.25) is 5.91 Å². The molecule has 28 heavy (non-hydrogen) atoms. The van der Waals surface area contributed by atoms with E-state index in [1.165, 1.54) is 0 Å². The van der Waals surface area contributed by atoms with Crippen LogP contribution in [0.15, 0.2) is 59.5 Å². The lowest BCUT2D eigenvalue weighted by Gasteiger charge is -2.44. The van der Waals surface area contributed by atoms with E-state index in [1.807, 2.05) is 0 Å². The van der Waals surface area contributed by atoms with E-state index in [2.05, 4.69) is 0 Å². The van der Waals surface area contributed by atoms with Gasteiger partial charge in [-0.2, -0.15) is 0 Å². The molecule has 0 bridgehead atoms. The highest BCUT2D eigenvalue weighted by Crippen LogP contribution is 2.40. The van der Waals surface area contributed by atoms with Crippen molar-refractivity contribution in [3.05, 3.63) is 70.3 Å². The molecular weight excluding hydrogens is 388 g/mol. The quantitative estimate of drug-likeness (QED) is 0.311. The number of hydrogen-bond acceptors (Lipinski definition) is 7. The smallest absolute Gasteiger partial charge is 0.331 e. The summed E-state index contributed by atoms with van der Waals surface area (Å²) in [5.74, 6) is -2.57. The van der Waals surface area contributed by atoms with Crippen molar-refractivity contribution in [3.8, 4) is 0 Å². The predicted octanol–water partition coefficient (Wildman–Crippen LogP) is 1.84. The topological polar surface area (TPSA) is 124 Å². The molecule has 1 aliphatic rings. The van der Waals surface area contributed by atoms with E-state index in [0.717, 1.165) is 24.3 Å². The van der Waals surface area contributed by atoms with Gasteiger partial charge in [-0.05, 0) is 24.6 Å². The van der Waals surface area contributed by atoms with Gasteiger partial charge in [0.05, 0.1) is 22.3 Å². The van der Waals surface area contributed by atoms with Crippen LogP contribution in [0.4, 0.5) is 5.69 Å². The average molecular weight is 404 g/mol. The van der Waals surface area contributed by atoms with E-state index in [4.69, 9.17) is 4.74 Å². The molecule has 0 aliphatic carbocycles. The van der Waals surface area contributed by atoms with Crippen molar-refractivity contribution in [3.63, 3.8) is 0 Å². The highest BCUT2D eigenvalue weighted by molar-refractivity contribution is 7.89. The highest BCUT2D eigenvalue weighted by atomic mass is 32.2. The van der Waals surface area contributed by atoms with Crippen LogP contribution in [0.3, 0.4) is 0 Å². The molecule has 0 spiro atoms. The van der Waals surface area contributed by atoms with Crippen LogP contribution in [0.25, 0.3) is 0 Å². The third-order valence-electron chi connectivity index (χ3n) is 4.34. The van der Waals surface area contributed by atoms with Crippen molar-refractivity contribution >= 4 is 27.6 Å². The molecule has 2 aromatic carbocycles. The lowest BCUT2D eigenvalue weighted by molar-refractivity contribution is -0.384. The first-order chi connectivity index (χ1) is 13.3. The number of benzene rings is 2. The molecule has 146 valence electrons. The Kier molecular flexibility index (Phi) is 5.14. The minimum atomic E-state index is -4.39. The Morgan fingerprint density at radius 1 is 1.14 bits per heavy atom. The second-order valence-corrected chi connectivity index (χ2v) is 7.79. The monoisotopic (exact) mass is 404 g/mol. The predicted molar refractivity (Wildman–Crippen MR) is 96.7 cm³/mol. The number of sulfonamides is 1. The number of hydrogen-bond donors (Lipinski definition) is 0. The van der Waals surface area contributed by atoms with Crippen molar-refractivity contribution in [2.24, 2.45) is 0 Å². The van der Waals surface area contributed by atoms with Gasteiger partial charge in [0.1, 0.15) is 0 Å². The van der Waals surface area contributed by atoms with E-state index in [-0.39, 0.29) is 17.2 Å². The van der Waals surface area contributed by atoms with Crippen molar-refractivity contribution < 1.29 is 27.7 Å². The van der Waals surface area contributed by atoms with Crippen molar-refractivity contribution in [2.75, 3.05) is 6.61 Å². The molecule has 1 fully saturated rings. The van der Waals surface area contributed by atoms with Crippen molar-refractivity contribution in [2.45, 2.75) is 23.8 Å². The number of ether oxygens (including phenoxy) is 1. The summed E-state index contributed by atoms with van der Waals surface area (Å²) >= 11 is 0. The molecule has 1 saturated heterocycles. The SMILES string of the molecule is CCOC(=O)C1C(c2ccccc2)C(=O)N1S(=O)(=O)c1ccc([N+](=O)[O-])cc1. The molecule has 3 rings (SSSR count). The van der Waals surface area contributed by atoms with Gasteiger partial charge >= 0.3 is 5.97 Å². The third kappa shape index (κ3) is 3.22. The van der Waals surface area contributed by atoms with Crippen molar-refractivity contribution in [1.82, 2.24) is 4.31 Å². The zero-order chi connectivity index (χ0) is 20.5. The Bertz CT molecular complexity index is 1020. The number of β-lactam (4-membered cyclic amide) rings is 1. The standard InChI is InChI=1S/C18H16N2O7S/c1-2-27-18(22)16-15(12-6-4-3-5-7-12)17(21)19(16)28(25,26)14-10-8-13(9-11-14)20(23)24/h3-11,15-16H,2H2,1H3. The summed E-state index contributed by atoms with van der Waals surface area (Å²) in [6.07, 6.45) is 0. The van der Waals surface area contributed by atoms with Crippen LogP contribution in [-0.4, -0.2) is 42.2 Å². The largest absolute Gasteiger partial charge is 0.464 e. The molecular formula is C18H16N2O7S. The number of nitro groups is 1. The number of carbonyl (C=O) groups excluding carboxylic acids is 2. The molecule has 2 aromatic rings. The fraction of sp³-hybridized carbons (Fsp3) is 0.222. The van der Waals surface area contributed by atoms with Gasteiger partial charge in [-0.1, -0.05) is 30.3 Å². The number of nitro benzene ring substituents is 1. The second kappa shape index (κ2) is 7.39. The molecule has 2 unspecified atom stereocenters. The molecule has 0 radical (unpaired) electrons. The van der Waals surface area contributed by atoms with E-state index in [1.54, 1.807) is 37.3 Å². The molecule has 1 aliphatic heterocycles. The molecule has 2 atom stereocenters. The lowest BCUT2D eigenvalue weighted by atomic mass is 9.84. The molecule has 10 heteroatoms. The maximum absolute atomic E-state index is 12.9. The summed E-state index contributed by atoms with van der Waals surface area (Å²) in [4.78, 5) is 34.9. The molecule has 1 amide bonds. The number of esters is 1. The fourth-order valence-electron chi connectivity index (χ4n) is 3.03. The van der Waals surface area contributed by atoms with Crippen LogP contribution in [0.2, 0.25) is 0 Å². The van der Waals surface area contributed by atoms with Crippen LogP contribution >= 0.6 is 0 Å². The maximum Gasteiger partial charge on any atom is 0.331 e. The Hall–Kier alpha value is -3.27. The van der Waals surface area contributed by atoms with Crippen LogP contribution in [0, 0.1) is 10.1 Å². The van der Waals surface area contributed by atoms with Gasteiger partial charge in [-0.15, -0.1) is 0 Å².